The fourth-order valence-corrected chi connectivity index (χ4v) is 1.67. The SMILES string of the molecule is O=[N+]([O-])/C=C1/NOCCN1Cc1ccc(Cl)nc1. The number of hydrogen-bond acceptors (Lipinski definition) is 6. The largest absolute Gasteiger partial charge is 0.345 e. The Bertz CT molecular complexity index is 463. The van der Waals surface area contributed by atoms with Crippen LogP contribution in [-0.4, -0.2) is 28.0 Å². The van der Waals surface area contributed by atoms with E-state index in [-0.39, 0.29) is 0 Å². The zero-order chi connectivity index (χ0) is 13.0. The van der Waals surface area contributed by atoms with Crippen molar-refractivity contribution in [2.75, 3.05) is 13.2 Å². The van der Waals surface area contributed by atoms with E-state index < -0.39 is 4.92 Å². The van der Waals surface area contributed by atoms with E-state index in [2.05, 4.69) is 10.5 Å². The maximum absolute atomic E-state index is 10.5. The van der Waals surface area contributed by atoms with Gasteiger partial charge in [0.15, 0.2) is 5.82 Å². The van der Waals surface area contributed by atoms with Crippen molar-refractivity contribution < 1.29 is 9.76 Å². The minimum Gasteiger partial charge on any atom is -0.345 e. The van der Waals surface area contributed by atoms with Gasteiger partial charge >= 0.3 is 0 Å². The molecule has 1 aromatic heterocycles. The van der Waals surface area contributed by atoms with Crippen LogP contribution in [0.15, 0.2) is 30.4 Å². The molecule has 0 atom stereocenters. The molecule has 1 aromatic rings. The Kier molecular flexibility index (Phi) is 3.96. The van der Waals surface area contributed by atoms with Gasteiger partial charge in [0.2, 0.25) is 0 Å². The molecule has 96 valence electrons. The van der Waals surface area contributed by atoms with Crippen LogP contribution in [-0.2, 0) is 11.4 Å². The van der Waals surface area contributed by atoms with E-state index in [1.807, 2.05) is 6.07 Å². The molecule has 0 spiro atoms. The number of rotatable bonds is 3. The van der Waals surface area contributed by atoms with Gasteiger partial charge < -0.3 is 4.90 Å². The van der Waals surface area contributed by atoms with Crippen LogP contribution in [0.5, 0.6) is 0 Å². The summed E-state index contributed by atoms with van der Waals surface area (Å²) in [4.78, 5) is 20.7. The minimum atomic E-state index is -0.524. The van der Waals surface area contributed by atoms with Crippen molar-refractivity contribution in [2.24, 2.45) is 0 Å². The van der Waals surface area contributed by atoms with Crippen LogP contribution >= 0.6 is 11.6 Å². The van der Waals surface area contributed by atoms with Crippen molar-refractivity contribution in [1.82, 2.24) is 15.4 Å². The van der Waals surface area contributed by atoms with Gasteiger partial charge in [0.1, 0.15) is 5.15 Å². The molecule has 2 heterocycles. The van der Waals surface area contributed by atoms with Crippen molar-refractivity contribution in [1.29, 1.82) is 0 Å². The average molecular weight is 271 g/mol. The Balaban J connectivity index is 2.10. The van der Waals surface area contributed by atoms with E-state index in [1.165, 1.54) is 0 Å². The summed E-state index contributed by atoms with van der Waals surface area (Å²) in [5.74, 6) is 0.321. The van der Waals surface area contributed by atoms with Crippen LogP contribution in [0, 0.1) is 10.1 Å². The third-order valence-corrected chi connectivity index (χ3v) is 2.59. The number of aromatic nitrogens is 1. The molecular weight excluding hydrogens is 260 g/mol. The number of halogens is 1. The lowest BCUT2D eigenvalue weighted by molar-refractivity contribution is -0.405. The first-order valence-electron chi connectivity index (χ1n) is 5.23. The van der Waals surface area contributed by atoms with Gasteiger partial charge in [-0.2, -0.15) is 0 Å². The molecule has 1 saturated heterocycles. The molecule has 1 fully saturated rings. The molecule has 1 aliphatic heterocycles. The molecule has 0 saturated carbocycles. The molecule has 0 aromatic carbocycles. The van der Waals surface area contributed by atoms with E-state index in [9.17, 15) is 10.1 Å². The molecule has 18 heavy (non-hydrogen) atoms. The monoisotopic (exact) mass is 270 g/mol. The van der Waals surface area contributed by atoms with Gasteiger partial charge in [0.25, 0.3) is 6.20 Å². The maximum Gasteiger partial charge on any atom is 0.276 e. The van der Waals surface area contributed by atoms with E-state index >= 15 is 0 Å². The quantitative estimate of drug-likeness (QED) is 0.504. The summed E-state index contributed by atoms with van der Waals surface area (Å²) in [6.07, 6.45) is 2.52. The van der Waals surface area contributed by atoms with Gasteiger partial charge in [-0.1, -0.05) is 17.7 Å². The topological polar surface area (TPSA) is 80.5 Å². The fourth-order valence-electron chi connectivity index (χ4n) is 1.56. The second kappa shape index (κ2) is 5.65. The smallest absolute Gasteiger partial charge is 0.276 e. The zero-order valence-corrected chi connectivity index (χ0v) is 10.1. The first-order chi connectivity index (χ1) is 8.65. The van der Waals surface area contributed by atoms with Gasteiger partial charge in [0.05, 0.1) is 11.5 Å². The molecule has 7 nitrogen and oxygen atoms in total. The Hall–Kier alpha value is -1.86. The van der Waals surface area contributed by atoms with Crippen LogP contribution in [0.1, 0.15) is 5.56 Å². The highest BCUT2D eigenvalue weighted by Gasteiger charge is 2.18. The van der Waals surface area contributed by atoms with Crippen LogP contribution in [0.2, 0.25) is 5.15 Å². The van der Waals surface area contributed by atoms with Gasteiger partial charge in [-0.3, -0.25) is 15.0 Å². The summed E-state index contributed by atoms with van der Waals surface area (Å²) >= 11 is 5.69. The van der Waals surface area contributed by atoms with Crippen molar-refractivity contribution in [3.05, 3.63) is 51.2 Å². The fraction of sp³-hybridized carbons (Fsp3) is 0.300. The van der Waals surface area contributed by atoms with Crippen LogP contribution < -0.4 is 5.48 Å². The van der Waals surface area contributed by atoms with Crippen LogP contribution in [0.4, 0.5) is 0 Å². The first kappa shape index (κ1) is 12.6. The molecule has 8 heteroatoms. The number of nitro groups is 1. The van der Waals surface area contributed by atoms with Crippen molar-refractivity contribution >= 4 is 11.6 Å². The highest BCUT2D eigenvalue weighted by molar-refractivity contribution is 6.29. The molecule has 0 amide bonds. The number of pyridine rings is 1. The summed E-state index contributed by atoms with van der Waals surface area (Å²) in [5, 5.41) is 10.9. The Labute approximate surface area is 108 Å². The van der Waals surface area contributed by atoms with E-state index in [1.54, 1.807) is 17.2 Å². The Morgan fingerprint density at radius 1 is 1.67 bits per heavy atom. The standard InChI is InChI=1S/C10H11ClN4O3/c11-9-2-1-8(5-12-9)6-14-3-4-18-13-10(14)7-15(16)17/h1-2,5,7,13H,3-4,6H2/b10-7-. The van der Waals surface area contributed by atoms with Gasteiger partial charge in [0, 0.05) is 19.3 Å². The van der Waals surface area contributed by atoms with Crippen molar-refractivity contribution in [3.8, 4) is 0 Å². The van der Waals surface area contributed by atoms with Crippen molar-refractivity contribution in [2.45, 2.75) is 6.54 Å². The molecule has 0 bridgehead atoms. The highest BCUT2D eigenvalue weighted by atomic mass is 35.5. The van der Waals surface area contributed by atoms with Crippen molar-refractivity contribution in [3.63, 3.8) is 0 Å². The van der Waals surface area contributed by atoms with Crippen LogP contribution in [0.25, 0.3) is 0 Å². The summed E-state index contributed by atoms with van der Waals surface area (Å²) in [5.41, 5.74) is 3.45. The van der Waals surface area contributed by atoms with Gasteiger partial charge in [-0.05, 0) is 11.6 Å². The molecule has 0 radical (unpaired) electrons. The van der Waals surface area contributed by atoms with E-state index in [0.717, 1.165) is 11.8 Å². The second-order valence-electron chi connectivity index (χ2n) is 3.66. The van der Waals surface area contributed by atoms with E-state index in [4.69, 9.17) is 16.4 Å². The predicted molar refractivity (Wildman–Crippen MR) is 63.8 cm³/mol. The normalized spacial score (nSPS) is 17.6. The lowest BCUT2D eigenvalue weighted by atomic mass is 10.2. The summed E-state index contributed by atoms with van der Waals surface area (Å²) in [7, 11) is 0. The summed E-state index contributed by atoms with van der Waals surface area (Å²) in [6, 6.07) is 3.51. The number of hydrogen-bond donors (Lipinski definition) is 1. The minimum absolute atomic E-state index is 0.321. The number of nitrogens with zero attached hydrogens (tertiary/aromatic N) is 3. The predicted octanol–water partition coefficient (Wildman–Crippen LogP) is 1.15. The van der Waals surface area contributed by atoms with Gasteiger partial charge in [-0.15, -0.1) is 0 Å². The van der Waals surface area contributed by atoms with E-state index in [0.29, 0.717) is 30.7 Å². The number of nitrogens with one attached hydrogen (secondary N) is 1. The average Bonchev–Trinajstić information content (AvgIpc) is 2.34. The van der Waals surface area contributed by atoms with Gasteiger partial charge in [-0.25, -0.2) is 10.5 Å². The molecular formula is C10H11ClN4O3. The zero-order valence-electron chi connectivity index (χ0n) is 9.38. The summed E-state index contributed by atoms with van der Waals surface area (Å²) in [6.45, 7) is 1.52. The van der Waals surface area contributed by atoms with Crippen LogP contribution in [0.3, 0.4) is 0 Å². The number of hydroxylamine groups is 1. The summed E-state index contributed by atoms with van der Waals surface area (Å²) < 4.78 is 0. The third kappa shape index (κ3) is 3.31. The lowest BCUT2D eigenvalue weighted by Gasteiger charge is -2.30. The highest BCUT2D eigenvalue weighted by Crippen LogP contribution is 2.13. The Morgan fingerprint density at radius 3 is 3.17 bits per heavy atom. The molecule has 1 N–H and O–H groups in total. The molecule has 0 unspecified atom stereocenters. The third-order valence-electron chi connectivity index (χ3n) is 2.37. The lowest BCUT2D eigenvalue weighted by Crippen LogP contribution is -2.40. The molecule has 2 rings (SSSR count). The molecule has 0 aliphatic carbocycles. The first-order valence-corrected chi connectivity index (χ1v) is 5.61. The second-order valence-corrected chi connectivity index (χ2v) is 4.05. The maximum atomic E-state index is 10.5. The Morgan fingerprint density at radius 2 is 2.50 bits per heavy atom. The molecule has 1 aliphatic rings.